The highest BCUT2D eigenvalue weighted by Gasteiger charge is 2.71. The number of rotatable bonds is 2. The van der Waals surface area contributed by atoms with Crippen LogP contribution in [0.15, 0.2) is 12.2 Å². The zero-order valence-corrected chi connectivity index (χ0v) is 15.1. The van der Waals surface area contributed by atoms with E-state index in [0.29, 0.717) is 25.2 Å². The van der Waals surface area contributed by atoms with Crippen LogP contribution in [0.3, 0.4) is 0 Å². The van der Waals surface area contributed by atoms with E-state index in [0.717, 1.165) is 24.8 Å². The second-order valence-corrected chi connectivity index (χ2v) is 9.48. The Balaban J connectivity index is 1.84. The predicted molar refractivity (Wildman–Crippen MR) is 92.2 cm³/mol. The summed E-state index contributed by atoms with van der Waals surface area (Å²) in [4.78, 5) is 24.3. The van der Waals surface area contributed by atoms with Gasteiger partial charge in [-0.15, -0.1) is 0 Å². The molecule has 7 unspecified atom stereocenters. The van der Waals surface area contributed by atoms with Crippen molar-refractivity contribution in [2.24, 2.45) is 34.0 Å². The smallest absolute Gasteiger partial charge is 0.321 e. The Morgan fingerprint density at radius 2 is 1.65 bits per heavy atom. The van der Waals surface area contributed by atoms with Crippen molar-refractivity contribution < 1.29 is 30.0 Å². The van der Waals surface area contributed by atoms with E-state index in [1.54, 1.807) is 0 Å². The molecule has 144 valence electrons. The van der Waals surface area contributed by atoms with Crippen LogP contribution >= 0.6 is 0 Å². The number of fused-ring (bicyclic) bond motifs is 3. The van der Waals surface area contributed by atoms with Crippen molar-refractivity contribution in [2.45, 2.75) is 64.1 Å². The fourth-order valence-corrected chi connectivity index (χ4v) is 7.71. The molecule has 0 amide bonds. The summed E-state index contributed by atoms with van der Waals surface area (Å²) in [5.74, 6) is -2.92. The molecule has 6 heteroatoms. The summed E-state index contributed by atoms with van der Waals surface area (Å²) in [5, 5.41) is 41.3. The molecule has 4 saturated carbocycles. The van der Waals surface area contributed by atoms with Gasteiger partial charge in [0, 0.05) is 11.8 Å². The summed E-state index contributed by atoms with van der Waals surface area (Å²) in [5.41, 5.74) is -2.03. The molecule has 6 nitrogen and oxygen atoms in total. The molecule has 7 atom stereocenters. The molecule has 4 rings (SSSR count). The quantitative estimate of drug-likeness (QED) is 0.440. The third-order valence-electron chi connectivity index (χ3n) is 8.63. The largest absolute Gasteiger partial charge is 0.480 e. The maximum Gasteiger partial charge on any atom is 0.321 e. The zero-order chi connectivity index (χ0) is 19.1. The van der Waals surface area contributed by atoms with E-state index in [2.05, 4.69) is 6.58 Å². The minimum absolute atomic E-state index is 0.00674. The van der Waals surface area contributed by atoms with Crippen LogP contribution < -0.4 is 0 Å². The molecular formula is C20H28O6. The molecule has 0 heterocycles. The maximum absolute atomic E-state index is 12.1. The number of hydrogen-bond donors (Lipinski definition) is 4. The number of carboxylic acid groups (broad SMARTS) is 2. The Kier molecular flexibility index (Phi) is 3.68. The van der Waals surface area contributed by atoms with Crippen LogP contribution in [-0.2, 0) is 9.59 Å². The molecule has 0 aromatic rings. The lowest BCUT2D eigenvalue weighted by Gasteiger charge is -2.63. The molecular weight excluding hydrogens is 336 g/mol. The van der Waals surface area contributed by atoms with Crippen molar-refractivity contribution in [1.82, 2.24) is 0 Å². The van der Waals surface area contributed by atoms with Gasteiger partial charge in [0.25, 0.3) is 0 Å². The van der Waals surface area contributed by atoms with Crippen molar-refractivity contribution in [1.29, 1.82) is 0 Å². The van der Waals surface area contributed by atoms with Crippen LogP contribution in [0.2, 0.25) is 0 Å². The highest BCUT2D eigenvalue weighted by atomic mass is 16.4. The fraction of sp³-hybridized carbons (Fsp3) is 0.800. The minimum atomic E-state index is -1.95. The summed E-state index contributed by atoms with van der Waals surface area (Å²) < 4.78 is 0. The van der Waals surface area contributed by atoms with Crippen molar-refractivity contribution in [3.05, 3.63) is 12.2 Å². The van der Waals surface area contributed by atoms with Crippen LogP contribution in [0.5, 0.6) is 0 Å². The van der Waals surface area contributed by atoms with E-state index in [4.69, 9.17) is 0 Å². The second-order valence-electron chi connectivity index (χ2n) is 9.48. The van der Waals surface area contributed by atoms with Gasteiger partial charge < -0.3 is 20.4 Å². The van der Waals surface area contributed by atoms with Crippen LogP contribution in [-0.4, -0.2) is 44.6 Å². The third kappa shape index (κ3) is 1.89. The lowest BCUT2D eigenvalue weighted by Crippen LogP contribution is -2.65. The number of carboxylic acids is 2. The first-order valence-electron chi connectivity index (χ1n) is 9.61. The van der Waals surface area contributed by atoms with Gasteiger partial charge in [0.15, 0.2) is 5.41 Å². The van der Waals surface area contributed by atoms with Crippen molar-refractivity contribution in [3.8, 4) is 0 Å². The van der Waals surface area contributed by atoms with Crippen molar-refractivity contribution in [3.63, 3.8) is 0 Å². The second kappa shape index (κ2) is 5.32. The predicted octanol–water partition coefficient (Wildman–Crippen LogP) is 2.05. The summed E-state index contributed by atoms with van der Waals surface area (Å²) in [6.07, 6.45) is 2.25. The van der Waals surface area contributed by atoms with Crippen LogP contribution in [0.4, 0.5) is 0 Å². The fourth-order valence-electron chi connectivity index (χ4n) is 7.71. The number of carbonyl (C=O) groups is 2. The molecule has 0 aromatic heterocycles. The van der Waals surface area contributed by atoms with Gasteiger partial charge in [-0.3, -0.25) is 9.59 Å². The van der Waals surface area contributed by atoms with Gasteiger partial charge >= 0.3 is 11.9 Å². The molecule has 0 aliphatic heterocycles. The average Bonchev–Trinajstić information content (AvgIpc) is 2.73. The van der Waals surface area contributed by atoms with Crippen LogP contribution in [0, 0.1) is 34.0 Å². The number of aliphatic carboxylic acids is 2. The minimum Gasteiger partial charge on any atom is -0.480 e. The molecule has 4 aliphatic carbocycles. The first kappa shape index (κ1) is 18.0. The average molecular weight is 364 g/mol. The lowest BCUT2D eigenvalue weighted by atomic mass is 9.40. The molecule has 1 spiro atoms. The highest BCUT2D eigenvalue weighted by molar-refractivity contribution is 5.99. The van der Waals surface area contributed by atoms with Gasteiger partial charge in [-0.05, 0) is 67.3 Å². The zero-order valence-electron chi connectivity index (χ0n) is 15.1. The lowest BCUT2D eigenvalue weighted by molar-refractivity contribution is -0.215. The maximum atomic E-state index is 12.1. The van der Waals surface area contributed by atoms with Gasteiger partial charge in [0.05, 0.1) is 12.2 Å². The number of hydrogen-bond acceptors (Lipinski definition) is 4. The third-order valence-corrected chi connectivity index (χ3v) is 8.63. The van der Waals surface area contributed by atoms with E-state index in [9.17, 15) is 30.0 Å². The Hall–Kier alpha value is -1.40. The van der Waals surface area contributed by atoms with E-state index >= 15 is 0 Å². The van der Waals surface area contributed by atoms with E-state index in [1.807, 2.05) is 6.92 Å². The summed E-state index contributed by atoms with van der Waals surface area (Å²) in [6, 6.07) is 0. The van der Waals surface area contributed by atoms with Gasteiger partial charge in [0.2, 0.25) is 0 Å². The Morgan fingerprint density at radius 1 is 1.00 bits per heavy atom. The molecule has 4 N–H and O–H groups in total. The normalized spacial score (nSPS) is 49.2. The number of aliphatic hydroxyl groups is 2. The molecule has 0 saturated heterocycles. The van der Waals surface area contributed by atoms with E-state index < -0.39 is 40.9 Å². The topological polar surface area (TPSA) is 115 Å². The van der Waals surface area contributed by atoms with Gasteiger partial charge in [-0.2, -0.15) is 0 Å². The molecule has 4 fully saturated rings. The van der Waals surface area contributed by atoms with Crippen molar-refractivity contribution in [2.75, 3.05) is 0 Å². The first-order chi connectivity index (χ1) is 12.1. The standard InChI is InChI=1S/C20H28O6/c1-10-11-3-4-13-18(2)8-12(21)9-20(16(23)24,17(25)26)14(18)5-6-19(13,7-11)15(10)22/h11-15,21-22H,1,3-9H2,2H3,(H,23,24)(H,25,26). The van der Waals surface area contributed by atoms with Gasteiger partial charge in [-0.25, -0.2) is 0 Å². The Morgan fingerprint density at radius 3 is 2.27 bits per heavy atom. The monoisotopic (exact) mass is 364 g/mol. The molecule has 0 radical (unpaired) electrons. The van der Waals surface area contributed by atoms with Gasteiger partial charge in [-0.1, -0.05) is 13.5 Å². The molecule has 2 bridgehead atoms. The summed E-state index contributed by atoms with van der Waals surface area (Å²) in [6.45, 7) is 6.06. The SMILES string of the molecule is C=C1C2CCC3C4(C)CC(O)CC(C(=O)O)(C(=O)O)C4CCC3(C2)C1O. The Bertz CT molecular complexity index is 672. The Labute approximate surface area is 152 Å². The summed E-state index contributed by atoms with van der Waals surface area (Å²) >= 11 is 0. The first-order valence-corrected chi connectivity index (χ1v) is 9.61. The van der Waals surface area contributed by atoms with Crippen LogP contribution in [0.1, 0.15) is 51.9 Å². The molecule has 4 aliphatic rings. The van der Waals surface area contributed by atoms with E-state index in [-0.39, 0.29) is 17.8 Å². The van der Waals surface area contributed by atoms with Gasteiger partial charge in [0.1, 0.15) is 0 Å². The number of aliphatic hydroxyl groups excluding tert-OH is 2. The highest BCUT2D eigenvalue weighted by Crippen LogP contribution is 2.72. The molecule has 0 aromatic carbocycles. The molecule has 26 heavy (non-hydrogen) atoms. The van der Waals surface area contributed by atoms with Crippen molar-refractivity contribution >= 4 is 11.9 Å². The summed E-state index contributed by atoms with van der Waals surface area (Å²) in [7, 11) is 0. The van der Waals surface area contributed by atoms with Crippen LogP contribution in [0.25, 0.3) is 0 Å². The van der Waals surface area contributed by atoms with E-state index in [1.165, 1.54) is 0 Å².